The molecular formula is C35H52N6O7. The van der Waals surface area contributed by atoms with E-state index < -0.39 is 48.2 Å². The van der Waals surface area contributed by atoms with Gasteiger partial charge in [0.25, 0.3) is 0 Å². The molecule has 0 aliphatic rings. The van der Waals surface area contributed by atoms with E-state index >= 15 is 0 Å². The number of ether oxygens (including phenoxy) is 1. The molecule has 0 aliphatic carbocycles. The summed E-state index contributed by atoms with van der Waals surface area (Å²) in [5.74, 6) is -1.78. The van der Waals surface area contributed by atoms with Gasteiger partial charge in [-0.2, -0.15) is 0 Å². The Morgan fingerprint density at radius 2 is 1.42 bits per heavy atom. The Balaban J connectivity index is 2.04. The number of primary amides is 1. The first-order valence-corrected chi connectivity index (χ1v) is 16.5. The van der Waals surface area contributed by atoms with E-state index in [0.29, 0.717) is 25.8 Å². The van der Waals surface area contributed by atoms with E-state index in [9.17, 15) is 29.1 Å². The number of alkyl carbamates (subject to hydrolysis) is 1. The molecule has 13 nitrogen and oxygen atoms in total. The molecule has 264 valence electrons. The van der Waals surface area contributed by atoms with Crippen molar-refractivity contribution in [2.24, 2.45) is 17.6 Å². The highest BCUT2D eigenvalue weighted by molar-refractivity contribution is 5.91. The van der Waals surface area contributed by atoms with Crippen LogP contribution in [0.5, 0.6) is 0 Å². The molecule has 13 heteroatoms. The Morgan fingerprint density at radius 1 is 0.792 bits per heavy atom. The Kier molecular flexibility index (Phi) is 17.5. The second-order valence-electron chi connectivity index (χ2n) is 12.5. The van der Waals surface area contributed by atoms with E-state index in [0.717, 1.165) is 11.1 Å². The summed E-state index contributed by atoms with van der Waals surface area (Å²) < 4.78 is 5.29. The summed E-state index contributed by atoms with van der Waals surface area (Å²) in [6.07, 6.45) is -0.735. The van der Waals surface area contributed by atoms with Crippen LogP contribution in [-0.4, -0.2) is 72.3 Å². The minimum Gasteiger partial charge on any atom is -0.445 e. The number of rotatable bonds is 20. The number of nitrogens with one attached hydrogen (secondary N) is 5. The van der Waals surface area contributed by atoms with Crippen molar-refractivity contribution < 1.29 is 33.8 Å². The van der Waals surface area contributed by atoms with Crippen LogP contribution < -0.4 is 32.3 Å². The Hall–Kier alpha value is -4.65. The molecule has 4 atom stereocenters. The van der Waals surface area contributed by atoms with Gasteiger partial charge < -0.3 is 42.2 Å². The fraction of sp³-hybridized carbons (Fsp3) is 0.514. The first kappa shape index (κ1) is 39.5. The third-order valence-corrected chi connectivity index (χ3v) is 7.53. The van der Waals surface area contributed by atoms with Gasteiger partial charge in [0, 0.05) is 13.1 Å². The molecule has 2 aromatic rings. The Morgan fingerprint density at radius 3 is 2.00 bits per heavy atom. The first-order valence-electron chi connectivity index (χ1n) is 16.5. The molecule has 2 aromatic carbocycles. The summed E-state index contributed by atoms with van der Waals surface area (Å²) in [6, 6.07) is 15.2. The lowest BCUT2D eigenvalue weighted by atomic mass is 9.95. The summed E-state index contributed by atoms with van der Waals surface area (Å²) in [4.78, 5) is 63.4. The van der Waals surface area contributed by atoms with Gasteiger partial charge in [0.05, 0.1) is 18.6 Å². The zero-order chi connectivity index (χ0) is 35.5. The maximum absolute atomic E-state index is 13.6. The van der Waals surface area contributed by atoms with Crippen LogP contribution in [0.2, 0.25) is 0 Å². The average Bonchev–Trinajstić information content (AvgIpc) is 3.04. The molecule has 0 fully saturated rings. The Labute approximate surface area is 283 Å². The topological polar surface area (TPSA) is 201 Å². The molecule has 6 amide bonds. The summed E-state index contributed by atoms with van der Waals surface area (Å²) >= 11 is 0. The number of carbonyl (C=O) groups is 5. The summed E-state index contributed by atoms with van der Waals surface area (Å²) in [6.45, 7) is 7.96. The van der Waals surface area contributed by atoms with E-state index in [1.807, 2.05) is 62.4 Å². The van der Waals surface area contributed by atoms with E-state index in [2.05, 4.69) is 26.6 Å². The third-order valence-electron chi connectivity index (χ3n) is 7.53. The van der Waals surface area contributed by atoms with Gasteiger partial charge in [0.15, 0.2) is 0 Å². The monoisotopic (exact) mass is 668 g/mol. The lowest BCUT2D eigenvalue weighted by molar-refractivity contribution is -0.132. The van der Waals surface area contributed by atoms with E-state index in [1.54, 1.807) is 26.0 Å². The number of aliphatic hydroxyl groups excluding tert-OH is 1. The average molecular weight is 669 g/mol. The van der Waals surface area contributed by atoms with Gasteiger partial charge in [-0.1, -0.05) is 88.4 Å². The fourth-order valence-corrected chi connectivity index (χ4v) is 4.97. The van der Waals surface area contributed by atoms with Gasteiger partial charge in [0.1, 0.15) is 18.7 Å². The summed E-state index contributed by atoms with van der Waals surface area (Å²) in [5.41, 5.74) is 6.97. The molecule has 0 bridgehead atoms. The third kappa shape index (κ3) is 15.8. The number of amides is 6. The van der Waals surface area contributed by atoms with Gasteiger partial charge >= 0.3 is 12.1 Å². The number of urea groups is 1. The smallest absolute Gasteiger partial charge is 0.408 e. The highest BCUT2D eigenvalue weighted by atomic mass is 16.5. The lowest BCUT2D eigenvalue weighted by Crippen LogP contribution is -2.58. The molecule has 0 heterocycles. The van der Waals surface area contributed by atoms with E-state index in [4.69, 9.17) is 10.5 Å². The molecule has 0 spiro atoms. The number of aliphatic hydroxyl groups is 1. The van der Waals surface area contributed by atoms with Crippen LogP contribution in [0.25, 0.3) is 0 Å². The predicted molar refractivity (Wildman–Crippen MR) is 182 cm³/mol. The highest BCUT2D eigenvalue weighted by Gasteiger charge is 2.32. The van der Waals surface area contributed by atoms with Crippen molar-refractivity contribution in [1.29, 1.82) is 0 Å². The van der Waals surface area contributed by atoms with Crippen molar-refractivity contribution in [3.63, 3.8) is 0 Å². The Bertz CT molecular complexity index is 1290. The largest absolute Gasteiger partial charge is 0.445 e. The van der Waals surface area contributed by atoms with Gasteiger partial charge in [-0.15, -0.1) is 0 Å². The standard InChI is InChI=1S/C35H52N6O7/c1-23(2)20-28(29(42)21-30(43)37-19-17-25-12-7-5-8-13-25)39-33(45)31(24(3)4)41-32(44)27(16-11-18-38-34(36)46)40-35(47)48-22-26-14-9-6-10-15-26/h5-10,12-15,23-24,27-29,31,42H,11,16-22H2,1-4H3,(H,37,43)(H,39,45)(H,40,47)(H,41,44)(H3,36,38,46)/t27-,28-,29-,31-/m0/s1. The number of nitrogens with two attached hydrogens (primary N) is 1. The molecule has 0 saturated carbocycles. The summed E-state index contributed by atoms with van der Waals surface area (Å²) in [5, 5.41) is 24.4. The molecule has 0 aliphatic heterocycles. The molecular weight excluding hydrogens is 616 g/mol. The van der Waals surface area contributed by atoms with Crippen LogP contribution in [0.1, 0.15) is 64.5 Å². The lowest BCUT2D eigenvalue weighted by Gasteiger charge is -2.30. The van der Waals surface area contributed by atoms with Crippen molar-refractivity contribution in [2.45, 2.75) is 90.6 Å². The highest BCUT2D eigenvalue weighted by Crippen LogP contribution is 2.13. The number of carbonyl (C=O) groups excluding carboxylic acids is 5. The second-order valence-corrected chi connectivity index (χ2v) is 12.5. The van der Waals surface area contributed by atoms with Crippen LogP contribution >= 0.6 is 0 Å². The van der Waals surface area contributed by atoms with Crippen molar-refractivity contribution in [1.82, 2.24) is 26.6 Å². The normalized spacial score (nSPS) is 13.5. The molecule has 0 radical (unpaired) electrons. The summed E-state index contributed by atoms with van der Waals surface area (Å²) in [7, 11) is 0. The molecule has 48 heavy (non-hydrogen) atoms. The molecule has 0 unspecified atom stereocenters. The number of hydrogen-bond donors (Lipinski definition) is 7. The minimum absolute atomic E-state index is 0.00805. The number of benzene rings is 2. The number of hydrogen-bond acceptors (Lipinski definition) is 7. The van der Waals surface area contributed by atoms with E-state index in [1.165, 1.54) is 0 Å². The SMILES string of the molecule is CC(C)C[C@H](NC(=O)[C@@H](NC(=O)[C@H](CCCNC(N)=O)NC(=O)OCc1ccccc1)C(C)C)[C@@H](O)CC(=O)NCCc1ccccc1. The van der Waals surface area contributed by atoms with Gasteiger partial charge in [0.2, 0.25) is 17.7 Å². The molecule has 0 saturated heterocycles. The van der Waals surface area contributed by atoms with Crippen LogP contribution in [0.15, 0.2) is 60.7 Å². The van der Waals surface area contributed by atoms with Gasteiger partial charge in [-0.3, -0.25) is 14.4 Å². The van der Waals surface area contributed by atoms with Crippen molar-refractivity contribution in [2.75, 3.05) is 13.1 Å². The molecule has 0 aromatic heterocycles. The quantitative estimate of drug-likeness (QED) is 0.105. The molecule has 8 N–H and O–H groups in total. The van der Waals surface area contributed by atoms with Gasteiger partial charge in [-0.05, 0) is 48.6 Å². The predicted octanol–water partition coefficient (Wildman–Crippen LogP) is 2.51. The van der Waals surface area contributed by atoms with Gasteiger partial charge in [-0.25, -0.2) is 9.59 Å². The minimum atomic E-state index is -1.16. The van der Waals surface area contributed by atoms with Crippen LogP contribution in [0, 0.1) is 11.8 Å². The van der Waals surface area contributed by atoms with Crippen LogP contribution in [-0.2, 0) is 32.1 Å². The second kappa shape index (κ2) is 21.3. The zero-order valence-corrected chi connectivity index (χ0v) is 28.4. The van der Waals surface area contributed by atoms with Crippen molar-refractivity contribution >= 4 is 29.8 Å². The maximum Gasteiger partial charge on any atom is 0.408 e. The first-order chi connectivity index (χ1) is 22.8. The van der Waals surface area contributed by atoms with Crippen molar-refractivity contribution in [3.05, 3.63) is 71.8 Å². The van der Waals surface area contributed by atoms with Crippen molar-refractivity contribution in [3.8, 4) is 0 Å². The molecule has 2 rings (SSSR count). The van der Waals surface area contributed by atoms with Crippen LogP contribution in [0.3, 0.4) is 0 Å². The zero-order valence-electron chi connectivity index (χ0n) is 28.4. The van der Waals surface area contributed by atoms with Crippen LogP contribution in [0.4, 0.5) is 9.59 Å². The van der Waals surface area contributed by atoms with E-state index in [-0.39, 0.29) is 43.7 Å². The maximum atomic E-state index is 13.6. The fourth-order valence-electron chi connectivity index (χ4n) is 4.97.